The summed E-state index contributed by atoms with van der Waals surface area (Å²) in [7, 11) is 0. The van der Waals surface area contributed by atoms with Crippen LogP contribution in [0.4, 0.5) is 0 Å². The van der Waals surface area contributed by atoms with E-state index in [1.165, 1.54) is 9.40 Å². The Kier molecular flexibility index (Phi) is 8.65. The highest BCUT2D eigenvalue weighted by molar-refractivity contribution is 7.22. The van der Waals surface area contributed by atoms with Gasteiger partial charge in [0, 0.05) is 17.2 Å². The fraction of sp³-hybridized carbons (Fsp3) is 0.100. The van der Waals surface area contributed by atoms with Gasteiger partial charge in [0.15, 0.2) is 0 Å². The molecular weight excluding hydrogens is 689 g/mol. The predicted octanol–water partition coefficient (Wildman–Crippen LogP) is 8.68. The van der Waals surface area contributed by atoms with Gasteiger partial charge in [-0.3, -0.25) is 0 Å². The Morgan fingerprint density at radius 3 is 1.42 bits per heavy atom. The summed E-state index contributed by atoms with van der Waals surface area (Å²) in [4.78, 5) is 9.53. The highest BCUT2D eigenvalue weighted by Gasteiger charge is 2.10. The van der Waals surface area contributed by atoms with E-state index in [1.807, 2.05) is 82.4 Å². The summed E-state index contributed by atoms with van der Waals surface area (Å²) in [5.74, 6) is 1.35. The van der Waals surface area contributed by atoms with E-state index in [0.717, 1.165) is 54.7 Å². The standard InChI is InChI=1S/C40H30N8O2S2/c1-3-10-37-35(8-1)41-39(51-37)29-16-12-27(13-17-29)21-47-23-31(43-45-47)25-49-33-6-5-7-34(20-33)50-26-32-24-48(46-44-32)22-28-14-18-30(19-15-28)40-42-36-9-2-4-11-38(36)52-40/h1-20,23-24H,21-22,25-26H2. The summed E-state index contributed by atoms with van der Waals surface area (Å²) in [5, 5.41) is 19.2. The van der Waals surface area contributed by atoms with Gasteiger partial charge in [0.2, 0.25) is 0 Å². The lowest BCUT2D eigenvalue weighted by molar-refractivity contribution is 0.285. The Balaban J connectivity index is 0.753. The second kappa shape index (κ2) is 14.2. The maximum Gasteiger partial charge on any atom is 0.134 e. The van der Waals surface area contributed by atoms with Crippen molar-refractivity contribution in [3.05, 3.63) is 156 Å². The zero-order chi connectivity index (χ0) is 34.7. The minimum absolute atomic E-state index is 0.288. The van der Waals surface area contributed by atoms with E-state index < -0.39 is 0 Å². The van der Waals surface area contributed by atoms with Crippen LogP contribution in [0.5, 0.6) is 11.5 Å². The fourth-order valence-electron chi connectivity index (χ4n) is 5.80. The Hall–Kier alpha value is -6.24. The lowest BCUT2D eigenvalue weighted by atomic mass is 10.1. The molecule has 0 amide bonds. The van der Waals surface area contributed by atoms with Gasteiger partial charge in [0.05, 0.1) is 45.9 Å². The zero-order valence-electron chi connectivity index (χ0n) is 27.7. The molecule has 0 aliphatic heterocycles. The molecule has 52 heavy (non-hydrogen) atoms. The van der Waals surface area contributed by atoms with Crippen molar-refractivity contribution >= 4 is 43.1 Å². The van der Waals surface area contributed by atoms with Gasteiger partial charge in [0.25, 0.3) is 0 Å². The van der Waals surface area contributed by atoms with Crippen molar-refractivity contribution in [1.82, 2.24) is 40.0 Å². The Bertz CT molecular complexity index is 2360. The summed E-state index contributed by atoms with van der Waals surface area (Å²) in [5.41, 5.74) is 8.00. The van der Waals surface area contributed by atoms with Gasteiger partial charge < -0.3 is 9.47 Å². The smallest absolute Gasteiger partial charge is 0.134 e. The topological polar surface area (TPSA) is 106 Å². The number of thiazole rings is 2. The molecule has 4 heterocycles. The van der Waals surface area contributed by atoms with Crippen LogP contribution in [0.1, 0.15) is 22.5 Å². The van der Waals surface area contributed by atoms with Crippen LogP contribution >= 0.6 is 22.7 Å². The van der Waals surface area contributed by atoms with E-state index in [-0.39, 0.29) is 13.2 Å². The van der Waals surface area contributed by atoms with Crippen LogP contribution in [0.15, 0.2) is 134 Å². The van der Waals surface area contributed by atoms with Gasteiger partial charge >= 0.3 is 0 Å². The number of para-hydroxylation sites is 2. The van der Waals surface area contributed by atoms with Crippen LogP contribution in [-0.4, -0.2) is 40.0 Å². The largest absolute Gasteiger partial charge is 0.487 e. The van der Waals surface area contributed by atoms with Gasteiger partial charge in [-0.05, 0) is 47.5 Å². The van der Waals surface area contributed by atoms with Crippen molar-refractivity contribution < 1.29 is 9.47 Å². The first-order valence-corrected chi connectivity index (χ1v) is 18.3. The molecule has 5 aromatic carbocycles. The average Bonchev–Trinajstić information content (AvgIpc) is 4.01. The van der Waals surface area contributed by atoms with E-state index >= 15 is 0 Å². The first kappa shape index (κ1) is 31.7. The van der Waals surface area contributed by atoms with Gasteiger partial charge in [-0.25, -0.2) is 19.3 Å². The third-order valence-corrected chi connectivity index (χ3v) is 10.6. The summed E-state index contributed by atoms with van der Waals surface area (Å²) in [6.07, 6.45) is 3.81. The van der Waals surface area contributed by atoms with E-state index in [2.05, 4.69) is 81.3 Å². The molecule has 0 saturated heterocycles. The monoisotopic (exact) mass is 718 g/mol. The van der Waals surface area contributed by atoms with Gasteiger partial charge in [-0.15, -0.1) is 32.9 Å². The number of ether oxygens (including phenoxy) is 2. The third-order valence-electron chi connectivity index (χ3n) is 8.43. The molecule has 0 unspecified atom stereocenters. The number of rotatable bonds is 12. The second-order valence-electron chi connectivity index (χ2n) is 12.2. The van der Waals surface area contributed by atoms with Gasteiger partial charge in [-0.1, -0.05) is 89.3 Å². The quantitative estimate of drug-likeness (QED) is 0.124. The number of nitrogens with zero attached hydrogens (tertiary/aromatic N) is 8. The maximum atomic E-state index is 6.02. The van der Waals surface area contributed by atoms with Crippen LogP contribution in [0.2, 0.25) is 0 Å². The van der Waals surface area contributed by atoms with Crippen LogP contribution in [0.3, 0.4) is 0 Å². The molecule has 0 bridgehead atoms. The number of aromatic nitrogens is 8. The minimum atomic E-state index is 0.288. The summed E-state index contributed by atoms with van der Waals surface area (Å²) in [6, 6.07) is 40.8. The molecule has 0 atom stereocenters. The molecule has 0 N–H and O–H groups in total. The molecular formula is C40H30N8O2S2. The first-order valence-electron chi connectivity index (χ1n) is 16.7. The molecule has 0 aliphatic rings. The summed E-state index contributed by atoms with van der Waals surface area (Å²) < 4.78 is 18.1. The SMILES string of the molecule is c1cc(OCc2cn(Cc3ccc(-c4nc5ccccc5s4)cc3)nn2)cc(OCc2cn(Cc3ccc(-c4nc5ccccc5s4)cc3)nn2)c1. The van der Waals surface area contributed by atoms with Gasteiger partial charge in [0.1, 0.15) is 46.1 Å². The van der Waals surface area contributed by atoms with Crippen LogP contribution in [-0.2, 0) is 26.3 Å². The molecule has 9 rings (SSSR count). The van der Waals surface area contributed by atoms with E-state index in [0.29, 0.717) is 24.6 Å². The molecule has 0 spiro atoms. The van der Waals surface area contributed by atoms with Crippen LogP contribution in [0, 0.1) is 0 Å². The number of hydrogen-bond acceptors (Lipinski definition) is 10. The first-order chi connectivity index (χ1) is 25.7. The fourth-order valence-corrected chi connectivity index (χ4v) is 7.75. The molecule has 0 fully saturated rings. The highest BCUT2D eigenvalue weighted by atomic mass is 32.1. The highest BCUT2D eigenvalue weighted by Crippen LogP contribution is 2.31. The summed E-state index contributed by atoms with van der Waals surface area (Å²) >= 11 is 3.41. The minimum Gasteiger partial charge on any atom is -0.487 e. The normalized spacial score (nSPS) is 11.4. The second-order valence-corrected chi connectivity index (χ2v) is 14.3. The molecule has 0 radical (unpaired) electrons. The van der Waals surface area contributed by atoms with Crippen molar-refractivity contribution in [2.45, 2.75) is 26.3 Å². The lowest BCUT2D eigenvalue weighted by Crippen LogP contribution is -2.00. The number of benzene rings is 5. The number of hydrogen-bond donors (Lipinski definition) is 0. The molecule has 0 saturated carbocycles. The Morgan fingerprint density at radius 2 is 0.962 bits per heavy atom. The maximum absolute atomic E-state index is 6.02. The van der Waals surface area contributed by atoms with Crippen molar-refractivity contribution in [2.24, 2.45) is 0 Å². The van der Waals surface area contributed by atoms with Gasteiger partial charge in [-0.2, -0.15) is 0 Å². The lowest BCUT2D eigenvalue weighted by Gasteiger charge is -2.08. The van der Waals surface area contributed by atoms with Crippen molar-refractivity contribution in [2.75, 3.05) is 0 Å². The molecule has 12 heteroatoms. The van der Waals surface area contributed by atoms with Crippen molar-refractivity contribution in [3.63, 3.8) is 0 Å². The van der Waals surface area contributed by atoms with Crippen LogP contribution < -0.4 is 9.47 Å². The van der Waals surface area contributed by atoms with Crippen molar-refractivity contribution in [3.8, 4) is 32.6 Å². The molecule has 254 valence electrons. The summed E-state index contributed by atoms with van der Waals surface area (Å²) in [6.45, 7) is 1.79. The van der Waals surface area contributed by atoms with E-state index in [4.69, 9.17) is 19.4 Å². The van der Waals surface area contributed by atoms with E-state index in [9.17, 15) is 0 Å². The van der Waals surface area contributed by atoms with E-state index in [1.54, 1.807) is 22.7 Å². The molecule has 10 nitrogen and oxygen atoms in total. The third kappa shape index (κ3) is 7.15. The van der Waals surface area contributed by atoms with Crippen LogP contribution in [0.25, 0.3) is 41.6 Å². The Labute approximate surface area is 306 Å². The number of fused-ring (bicyclic) bond motifs is 2. The Morgan fingerprint density at radius 1 is 0.500 bits per heavy atom. The molecule has 9 aromatic rings. The predicted molar refractivity (Wildman–Crippen MR) is 203 cm³/mol. The average molecular weight is 719 g/mol. The molecule has 0 aliphatic carbocycles. The van der Waals surface area contributed by atoms with Crippen molar-refractivity contribution in [1.29, 1.82) is 0 Å². The zero-order valence-corrected chi connectivity index (χ0v) is 29.4. The molecule has 4 aromatic heterocycles.